The molecule has 0 radical (unpaired) electrons. The van der Waals surface area contributed by atoms with Crippen molar-refractivity contribution in [2.45, 2.75) is 6.92 Å². The average Bonchev–Trinajstić information content (AvgIpc) is 2.69. The summed E-state index contributed by atoms with van der Waals surface area (Å²) in [6, 6.07) is 28.2. The zero-order chi connectivity index (χ0) is 17.9. The zero-order valence-corrected chi connectivity index (χ0v) is 15.1. The standard InChI is InChI=1S/C23H17ClN2/c1-16-10-12-17(13-11-16)21-15-22(19-8-5-9-20(24)14-19)26-23(25-21)18-6-3-2-4-7-18/h2-15H,1H3. The van der Waals surface area contributed by atoms with Crippen LogP contribution in [0.5, 0.6) is 0 Å². The summed E-state index contributed by atoms with van der Waals surface area (Å²) in [5.74, 6) is 0.707. The van der Waals surface area contributed by atoms with E-state index >= 15 is 0 Å². The first-order valence-electron chi connectivity index (χ1n) is 8.46. The van der Waals surface area contributed by atoms with Gasteiger partial charge in [0.1, 0.15) is 0 Å². The van der Waals surface area contributed by atoms with Gasteiger partial charge in [0.25, 0.3) is 0 Å². The molecule has 1 heterocycles. The molecule has 26 heavy (non-hydrogen) atoms. The number of hydrogen-bond donors (Lipinski definition) is 0. The SMILES string of the molecule is Cc1ccc(-c2cc(-c3cccc(Cl)c3)nc(-c3ccccc3)n2)cc1. The van der Waals surface area contributed by atoms with E-state index in [1.54, 1.807) is 0 Å². The van der Waals surface area contributed by atoms with Crippen LogP contribution in [0.2, 0.25) is 5.02 Å². The molecular formula is C23H17ClN2. The van der Waals surface area contributed by atoms with Crippen LogP contribution in [-0.4, -0.2) is 9.97 Å². The Hall–Kier alpha value is -2.97. The third-order valence-corrected chi connectivity index (χ3v) is 4.46. The molecule has 0 atom stereocenters. The van der Waals surface area contributed by atoms with E-state index in [4.69, 9.17) is 21.6 Å². The lowest BCUT2D eigenvalue weighted by atomic mass is 10.1. The first-order valence-corrected chi connectivity index (χ1v) is 8.84. The Kier molecular flexibility index (Phi) is 4.51. The molecule has 0 spiro atoms. The van der Waals surface area contributed by atoms with Gasteiger partial charge in [-0.25, -0.2) is 9.97 Å². The van der Waals surface area contributed by atoms with Crippen LogP contribution < -0.4 is 0 Å². The highest BCUT2D eigenvalue weighted by Crippen LogP contribution is 2.28. The molecule has 0 N–H and O–H groups in total. The smallest absolute Gasteiger partial charge is 0.160 e. The molecule has 1 aromatic heterocycles. The summed E-state index contributed by atoms with van der Waals surface area (Å²) in [5.41, 5.74) is 6.01. The lowest BCUT2D eigenvalue weighted by Crippen LogP contribution is -1.95. The van der Waals surface area contributed by atoms with Crippen molar-refractivity contribution >= 4 is 11.6 Å². The zero-order valence-electron chi connectivity index (χ0n) is 14.4. The lowest BCUT2D eigenvalue weighted by molar-refractivity contribution is 1.18. The first-order chi connectivity index (χ1) is 12.7. The van der Waals surface area contributed by atoms with Gasteiger partial charge >= 0.3 is 0 Å². The van der Waals surface area contributed by atoms with Crippen LogP contribution in [0.3, 0.4) is 0 Å². The van der Waals surface area contributed by atoms with Crippen LogP contribution in [0.25, 0.3) is 33.9 Å². The quantitative estimate of drug-likeness (QED) is 0.422. The predicted octanol–water partition coefficient (Wildman–Crippen LogP) is 6.44. The van der Waals surface area contributed by atoms with Gasteiger partial charge in [-0.2, -0.15) is 0 Å². The van der Waals surface area contributed by atoms with Crippen molar-refractivity contribution in [1.82, 2.24) is 9.97 Å². The highest BCUT2D eigenvalue weighted by atomic mass is 35.5. The van der Waals surface area contributed by atoms with Crippen molar-refractivity contribution in [1.29, 1.82) is 0 Å². The molecule has 0 aliphatic heterocycles. The number of rotatable bonds is 3. The third kappa shape index (κ3) is 3.51. The highest BCUT2D eigenvalue weighted by Gasteiger charge is 2.10. The molecule has 126 valence electrons. The summed E-state index contributed by atoms with van der Waals surface area (Å²) in [7, 11) is 0. The average molecular weight is 357 g/mol. The van der Waals surface area contributed by atoms with E-state index in [0.29, 0.717) is 10.8 Å². The van der Waals surface area contributed by atoms with Crippen LogP contribution >= 0.6 is 11.6 Å². The lowest BCUT2D eigenvalue weighted by Gasteiger charge is -2.09. The molecule has 3 heteroatoms. The van der Waals surface area contributed by atoms with Gasteiger partial charge in [0, 0.05) is 21.7 Å². The number of aromatic nitrogens is 2. The molecule has 0 fully saturated rings. The van der Waals surface area contributed by atoms with Crippen LogP contribution in [0, 0.1) is 6.92 Å². The van der Waals surface area contributed by atoms with E-state index in [2.05, 4.69) is 31.2 Å². The minimum absolute atomic E-state index is 0.694. The molecule has 0 saturated carbocycles. The summed E-state index contributed by atoms with van der Waals surface area (Å²) in [4.78, 5) is 9.60. The second-order valence-electron chi connectivity index (χ2n) is 6.20. The third-order valence-electron chi connectivity index (χ3n) is 4.23. The number of benzene rings is 3. The van der Waals surface area contributed by atoms with E-state index in [1.807, 2.05) is 60.7 Å². The van der Waals surface area contributed by atoms with Crippen molar-refractivity contribution < 1.29 is 0 Å². The summed E-state index contributed by atoms with van der Waals surface area (Å²) in [6.07, 6.45) is 0. The monoisotopic (exact) mass is 356 g/mol. The minimum Gasteiger partial charge on any atom is -0.228 e. The summed E-state index contributed by atoms with van der Waals surface area (Å²) >= 11 is 6.18. The maximum Gasteiger partial charge on any atom is 0.160 e. The van der Waals surface area contributed by atoms with Crippen LogP contribution in [0.1, 0.15) is 5.56 Å². The fourth-order valence-corrected chi connectivity index (χ4v) is 3.02. The number of nitrogens with zero attached hydrogens (tertiary/aromatic N) is 2. The van der Waals surface area contributed by atoms with E-state index in [-0.39, 0.29) is 0 Å². The minimum atomic E-state index is 0.694. The van der Waals surface area contributed by atoms with Gasteiger partial charge in [-0.1, -0.05) is 83.9 Å². The molecule has 0 saturated heterocycles. The molecule has 4 aromatic rings. The molecule has 2 nitrogen and oxygen atoms in total. The fourth-order valence-electron chi connectivity index (χ4n) is 2.83. The van der Waals surface area contributed by atoms with Gasteiger partial charge in [-0.15, -0.1) is 0 Å². The molecule has 0 bridgehead atoms. The van der Waals surface area contributed by atoms with Crippen molar-refractivity contribution in [3.63, 3.8) is 0 Å². The molecule has 0 unspecified atom stereocenters. The Morgan fingerprint density at radius 2 is 1.27 bits per heavy atom. The van der Waals surface area contributed by atoms with Gasteiger partial charge in [-0.05, 0) is 25.1 Å². The topological polar surface area (TPSA) is 25.8 Å². The number of hydrogen-bond acceptors (Lipinski definition) is 2. The molecule has 3 aromatic carbocycles. The van der Waals surface area contributed by atoms with Gasteiger partial charge in [-0.3, -0.25) is 0 Å². The van der Waals surface area contributed by atoms with Gasteiger partial charge in [0.15, 0.2) is 5.82 Å². The maximum absolute atomic E-state index is 6.18. The molecular weight excluding hydrogens is 340 g/mol. The first kappa shape index (κ1) is 16.5. The normalized spacial score (nSPS) is 10.7. The fraction of sp³-hybridized carbons (Fsp3) is 0.0435. The van der Waals surface area contributed by atoms with Crippen molar-refractivity contribution in [3.05, 3.63) is 95.5 Å². The van der Waals surface area contributed by atoms with Crippen molar-refractivity contribution in [3.8, 4) is 33.9 Å². The molecule has 0 aliphatic carbocycles. The van der Waals surface area contributed by atoms with E-state index < -0.39 is 0 Å². The van der Waals surface area contributed by atoms with E-state index in [0.717, 1.165) is 28.1 Å². The van der Waals surface area contributed by atoms with E-state index in [9.17, 15) is 0 Å². The van der Waals surface area contributed by atoms with Crippen LogP contribution in [0.4, 0.5) is 0 Å². The molecule has 0 aliphatic rings. The van der Waals surface area contributed by atoms with Gasteiger partial charge < -0.3 is 0 Å². The second-order valence-corrected chi connectivity index (χ2v) is 6.64. The summed E-state index contributed by atoms with van der Waals surface area (Å²) in [6.45, 7) is 2.08. The summed E-state index contributed by atoms with van der Waals surface area (Å²) in [5, 5.41) is 0.694. The van der Waals surface area contributed by atoms with Crippen molar-refractivity contribution in [2.24, 2.45) is 0 Å². The Morgan fingerprint density at radius 1 is 0.615 bits per heavy atom. The Balaban J connectivity index is 1.91. The van der Waals surface area contributed by atoms with Gasteiger partial charge in [0.05, 0.1) is 11.4 Å². The molecule has 0 amide bonds. The Bertz CT molecular complexity index is 1040. The summed E-state index contributed by atoms with van der Waals surface area (Å²) < 4.78 is 0. The van der Waals surface area contributed by atoms with E-state index in [1.165, 1.54) is 5.56 Å². The molecule has 4 rings (SSSR count). The Morgan fingerprint density at radius 3 is 1.96 bits per heavy atom. The van der Waals surface area contributed by atoms with Gasteiger partial charge in [0.2, 0.25) is 0 Å². The maximum atomic E-state index is 6.18. The van der Waals surface area contributed by atoms with Crippen molar-refractivity contribution in [2.75, 3.05) is 0 Å². The largest absolute Gasteiger partial charge is 0.228 e. The Labute approximate surface area is 158 Å². The van der Waals surface area contributed by atoms with Crippen LogP contribution in [0.15, 0.2) is 84.9 Å². The highest BCUT2D eigenvalue weighted by molar-refractivity contribution is 6.30. The second kappa shape index (κ2) is 7.11. The number of aryl methyl sites for hydroxylation is 1. The van der Waals surface area contributed by atoms with Crippen LogP contribution in [-0.2, 0) is 0 Å². The number of halogens is 1. The predicted molar refractivity (Wildman–Crippen MR) is 108 cm³/mol.